The van der Waals surface area contributed by atoms with Crippen molar-refractivity contribution < 1.29 is 5.11 Å². The minimum absolute atomic E-state index is 0.448. The Morgan fingerprint density at radius 2 is 2.00 bits per heavy atom. The fourth-order valence-corrected chi connectivity index (χ4v) is 3.60. The van der Waals surface area contributed by atoms with Crippen molar-refractivity contribution in [2.45, 2.75) is 51.7 Å². The SMILES string of the molecule is Cc1nc(CN(C)CC2(O)CCCC2)sc1C. The summed E-state index contributed by atoms with van der Waals surface area (Å²) >= 11 is 1.77. The monoisotopic (exact) mass is 254 g/mol. The Morgan fingerprint density at radius 1 is 1.35 bits per heavy atom. The van der Waals surface area contributed by atoms with Gasteiger partial charge in [-0.05, 0) is 33.7 Å². The minimum atomic E-state index is -0.448. The molecule has 0 atom stereocenters. The van der Waals surface area contributed by atoms with Crippen molar-refractivity contribution in [1.29, 1.82) is 0 Å². The average Bonchev–Trinajstić information content (AvgIpc) is 2.75. The average molecular weight is 254 g/mol. The Balaban J connectivity index is 1.90. The topological polar surface area (TPSA) is 36.4 Å². The number of nitrogens with zero attached hydrogens (tertiary/aromatic N) is 2. The van der Waals surface area contributed by atoms with Crippen LogP contribution >= 0.6 is 11.3 Å². The Hall–Kier alpha value is -0.450. The maximum atomic E-state index is 10.3. The summed E-state index contributed by atoms with van der Waals surface area (Å²) in [5.41, 5.74) is 0.689. The quantitative estimate of drug-likeness (QED) is 0.897. The summed E-state index contributed by atoms with van der Waals surface area (Å²) in [5.74, 6) is 0. The molecule has 2 rings (SSSR count). The molecule has 0 spiro atoms. The van der Waals surface area contributed by atoms with E-state index < -0.39 is 5.60 Å². The van der Waals surface area contributed by atoms with Crippen LogP contribution in [0.5, 0.6) is 0 Å². The van der Waals surface area contributed by atoms with E-state index >= 15 is 0 Å². The van der Waals surface area contributed by atoms with Crippen molar-refractivity contribution in [3.8, 4) is 0 Å². The number of hydrogen-bond acceptors (Lipinski definition) is 4. The van der Waals surface area contributed by atoms with E-state index in [4.69, 9.17) is 0 Å². The maximum absolute atomic E-state index is 10.3. The molecular weight excluding hydrogens is 232 g/mol. The molecule has 3 nitrogen and oxygen atoms in total. The Bertz CT molecular complexity index is 363. The van der Waals surface area contributed by atoms with Crippen LogP contribution in [0.2, 0.25) is 0 Å². The first-order valence-electron chi connectivity index (χ1n) is 6.32. The van der Waals surface area contributed by atoms with Gasteiger partial charge in [0.1, 0.15) is 5.01 Å². The Kier molecular flexibility index (Phi) is 3.85. The zero-order valence-electron chi connectivity index (χ0n) is 11.0. The van der Waals surface area contributed by atoms with Crippen LogP contribution in [0, 0.1) is 13.8 Å². The van der Waals surface area contributed by atoms with E-state index in [9.17, 15) is 5.11 Å². The molecule has 4 heteroatoms. The predicted molar refractivity (Wildman–Crippen MR) is 71.3 cm³/mol. The highest BCUT2D eigenvalue weighted by Crippen LogP contribution is 2.30. The van der Waals surface area contributed by atoms with Gasteiger partial charge in [0.25, 0.3) is 0 Å². The van der Waals surface area contributed by atoms with Crippen LogP contribution in [-0.4, -0.2) is 34.2 Å². The third kappa shape index (κ3) is 3.27. The van der Waals surface area contributed by atoms with Crippen molar-refractivity contribution in [2.75, 3.05) is 13.6 Å². The fraction of sp³-hybridized carbons (Fsp3) is 0.769. The number of aryl methyl sites for hydroxylation is 2. The Morgan fingerprint density at radius 3 is 2.53 bits per heavy atom. The summed E-state index contributed by atoms with van der Waals surface area (Å²) in [6, 6.07) is 0. The van der Waals surface area contributed by atoms with Crippen LogP contribution in [0.25, 0.3) is 0 Å². The maximum Gasteiger partial charge on any atom is 0.107 e. The second-order valence-corrected chi connectivity index (χ2v) is 6.64. The van der Waals surface area contributed by atoms with E-state index in [1.54, 1.807) is 11.3 Å². The van der Waals surface area contributed by atoms with Crippen LogP contribution in [0.1, 0.15) is 41.3 Å². The molecule has 1 aromatic heterocycles. The van der Waals surface area contributed by atoms with E-state index in [2.05, 4.69) is 30.8 Å². The highest BCUT2D eigenvalue weighted by molar-refractivity contribution is 7.11. The summed E-state index contributed by atoms with van der Waals surface area (Å²) in [7, 11) is 2.07. The van der Waals surface area contributed by atoms with Gasteiger partial charge in [0.05, 0.1) is 17.8 Å². The number of likely N-dealkylation sites (N-methyl/N-ethyl adjacent to an activating group) is 1. The summed E-state index contributed by atoms with van der Waals surface area (Å²) in [6.07, 6.45) is 4.24. The van der Waals surface area contributed by atoms with Crippen LogP contribution in [0.4, 0.5) is 0 Å². The lowest BCUT2D eigenvalue weighted by molar-refractivity contribution is 0.0145. The Labute approximate surface area is 107 Å². The zero-order chi connectivity index (χ0) is 12.5. The molecule has 1 heterocycles. The van der Waals surface area contributed by atoms with Gasteiger partial charge in [-0.3, -0.25) is 4.90 Å². The molecule has 96 valence electrons. The highest BCUT2D eigenvalue weighted by atomic mass is 32.1. The van der Waals surface area contributed by atoms with Gasteiger partial charge < -0.3 is 5.11 Å². The lowest BCUT2D eigenvalue weighted by atomic mass is 10.0. The first-order valence-corrected chi connectivity index (χ1v) is 7.14. The van der Waals surface area contributed by atoms with E-state index in [1.807, 2.05) is 0 Å². The normalized spacial score (nSPS) is 19.1. The molecule has 1 saturated carbocycles. The summed E-state index contributed by atoms with van der Waals surface area (Å²) in [6.45, 7) is 5.78. The second kappa shape index (κ2) is 5.04. The molecule has 1 fully saturated rings. The number of rotatable bonds is 4. The second-order valence-electron chi connectivity index (χ2n) is 5.35. The van der Waals surface area contributed by atoms with E-state index in [1.165, 1.54) is 17.7 Å². The van der Waals surface area contributed by atoms with Crippen molar-refractivity contribution in [3.05, 3.63) is 15.6 Å². The molecular formula is C13H22N2OS. The molecule has 0 radical (unpaired) electrons. The van der Waals surface area contributed by atoms with Crippen LogP contribution in [0.3, 0.4) is 0 Å². The minimum Gasteiger partial charge on any atom is -0.389 e. The van der Waals surface area contributed by atoms with Crippen molar-refractivity contribution >= 4 is 11.3 Å². The molecule has 1 aromatic rings. The van der Waals surface area contributed by atoms with Gasteiger partial charge in [-0.2, -0.15) is 0 Å². The molecule has 17 heavy (non-hydrogen) atoms. The van der Waals surface area contributed by atoms with Crippen molar-refractivity contribution in [3.63, 3.8) is 0 Å². The van der Waals surface area contributed by atoms with Crippen LogP contribution < -0.4 is 0 Å². The van der Waals surface area contributed by atoms with Crippen LogP contribution in [0.15, 0.2) is 0 Å². The molecule has 1 aliphatic carbocycles. The molecule has 0 amide bonds. The van der Waals surface area contributed by atoms with Crippen LogP contribution in [-0.2, 0) is 6.54 Å². The summed E-state index contributed by atoms with van der Waals surface area (Å²) in [4.78, 5) is 8.04. The van der Waals surface area contributed by atoms with Crippen molar-refractivity contribution in [1.82, 2.24) is 9.88 Å². The molecule has 0 unspecified atom stereocenters. The predicted octanol–water partition coefficient (Wildman–Crippen LogP) is 2.50. The molecule has 1 aliphatic rings. The molecule has 0 aliphatic heterocycles. The van der Waals surface area contributed by atoms with Gasteiger partial charge in [0.15, 0.2) is 0 Å². The fourth-order valence-electron chi connectivity index (χ4n) is 2.59. The molecule has 0 aromatic carbocycles. The van der Waals surface area contributed by atoms with Gasteiger partial charge in [0.2, 0.25) is 0 Å². The van der Waals surface area contributed by atoms with Gasteiger partial charge in [-0.15, -0.1) is 11.3 Å². The number of aromatic nitrogens is 1. The summed E-state index contributed by atoms with van der Waals surface area (Å²) in [5, 5.41) is 11.5. The standard InChI is InChI=1S/C13H22N2OS/c1-10-11(2)17-12(14-10)8-15(3)9-13(16)6-4-5-7-13/h16H,4-9H2,1-3H3. The van der Waals surface area contributed by atoms with Gasteiger partial charge in [0, 0.05) is 11.4 Å². The molecule has 1 N–H and O–H groups in total. The smallest absolute Gasteiger partial charge is 0.107 e. The first kappa shape index (κ1) is 13.0. The van der Waals surface area contributed by atoms with E-state index in [0.29, 0.717) is 0 Å². The van der Waals surface area contributed by atoms with Gasteiger partial charge >= 0.3 is 0 Å². The number of hydrogen-bond donors (Lipinski definition) is 1. The number of aliphatic hydroxyl groups is 1. The van der Waals surface area contributed by atoms with Crippen molar-refractivity contribution in [2.24, 2.45) is 0 Å². The van der Waals surface area contributed by atoms with Gasteiger partial charge in [-0.25, -0.2) is 4.98 Å². The summed E-state index contributed by atoms with van der Waals surface area (Å²) < 4.78 is 0. The first-order chi connectivity index (χ1) is 7.98. The van der Waals surface area contributed by atoms with Gasteiger partial charge in [-0.1, -0.05) is 12.8 Å². The number of thiazole rings is 1. The highest BCUT2D eigenvalue weighted by Gasteiger charge is 2.32. The lowest BCUT2D eigenvalue weighted by Gasteiger charge is -2.27. The zero-order valence-corrected chi connectivity index (χ0v) is 11.8. The largest absolute Gasteiger partial charge is 0.389 e. The molecule has 0 saturated heterocycles. The van der Waals surface area contributed by atoms with E-state index in [-0.39, 0.29) is 0 Å². The third-order valence-corrected chi connectivity index (χ3v) is 4.63. The van der Waals surface area contributed by atoms with E-state index in [0.717, 1.165) is 36.6 Å². The lowest BCUT2D eigenvalue weighted by Crippen LogP contribution is -2.38. The molecule has 0 bridgehead atoms. The third-order valence-electron chi connectivity index (χ3n) is 3.58.